The fourth-order valence-electron chi connectivity index (χ4n) is 1.45. The lowest BCUT2D eigenvalue weighted by Crippen LogP contribution is -2.38. The largest absolute Gasteiger partial charge is 0.239 e. The van der Waals surface area contributed by atoms with Crippen molar-refractivity contribution >= 4 is 31.9 Å². The van der Waals surface area contributed by atoms with Gasteiger partial charge in [0.25, 0.3) is 0 Å². The molecule has 0 atom stereocenters. The van der Waals surface area contributed by atoms with Crippen LogP contribution >= 0.6 is 15.9 Å². The molecule has 1 aromatic heterocycles. The van der Waals surface area contributed by atoms with Crippen molar-refractivity contribution in [1.29, 1.82) is 0 Å². The molecule has 0 N–H and O–H groups in total. The van der Waals surface area contributed by atoms with E-state index in [0.717, 1.165) is 17.3 Å². The minimum absolute atomic E-state index is 0.187. The van der Waals surface area contributed by atoms with Gasteiger partial charge < -0.3 is 0 Å². The van der Waals surface area contributed by atoms with E-state index in [1.165, 1.54) is 4.31 Å². The molecular formula is C8H10BrN3O2S. The smallest absolute Gasteiger partial charge is 0.238 e. The Labute approximate surface area is 96.7 Å². The molecule has 1 aliphatic rings. The fraction of sp³-hybridized carbons (Fsp3) is 0.500. The molecule has 1 fully saturated rings. The number of hydrogen-bond donors (Lipinski definition) is 0. The number of halogens is 1. The molecule has 2 heterocycles. The minimum atomic E-state index is -3.20. The molecule has 0 bridgehead atoms. The molecule has 1 aliphatic heterocycles. The normalized spacial score (nSPS) is 20.2. The number of anilines is 1. The van der Waals surface area contributed by atoms with E-state index in [2.05, 4.69) is 25.9 Å². The van der Waals surface area contributed by atoms with Crippen LogP contribution in [0.1, 0.15) is 12.8 Å². The zero-order valence-corrected chi connectivity index (χ0v) is 10.3. The van der Waals surface area contributed by atoms with Crippen molar-refractivity contribution < 1.29 is 8.42 Å². The lowest BCUT2D eigenvalue weighted by Gasteiger charge is -2.25. The standard InChI is InChI=1S/C8H10BrN3O2S/c9-7-5-10-8(11-6-7)12-3-1-2-4-15(12,13)14/h5-6H,1-4H2. The maximum Gasteiger partial charge on any atom is 0.239 e. The number of rotatable bonds is 1. The van der Waals surface area contributed by atoms with E-state index in [9.17, 15) is 8.42 Å². The highest BCUT2D eigenvalue weighted by Gasteiger charge is 2.27. The monoisotopic (exact) mass is 291 g/mol. The summed E-state index contributed by atoms with van der Waals surface area (Å²) in [4.78, 5) is 7.97. The fourth-order valence-corrected chi connectivity index (χ4v) is 3.19. The second-order valence-electron chi connectivity index (χ2n) is 3.30. The molecule has 7 heteroatoms. The molecule has 0 amide bonds. The quantitative estimate of drug-likeness (QED) is 0.779. The second-order valence-corrected chi connectivity index (χ2v) is 6.23. The maximum absolute atomic E-state index is 11.7. The third-order valence-electron chi connectivity index (χ3n) is 2.18. The Kier molecular flexibility index (Phi) is 2.92. The minimum Gasteiger partial charge on any atom is -0.238 e. The van der Waals surface area contributed by atoms with Crippen molar-refractivity contribution in [1.82, 2.24) is 9.97 Å². The Morgan fingerprint density at radius 2 is 1.93 bits per heavy atom. The summed E-state index contributed by atoms with van der Waals surface area (Å²) in [7, 11) is -3.20. The van der Waals surface area contributed by atoms with E-state index < -0.39 is 10.0 Å². The van der Waals surface area contributed by atoms with E-state index in [-0.39, 0.29) is 11.7 Å². The Balaban J connectivity index is 2.33. The molecule has 0 unspecified atom stereocenters. The molecule has 0 saturated carbocycles. The predicted octanol–water partition coefficient (Wildman–Crippen LogP) is 1.17. The third-order valence-corrected chi connectivity index (χ3v) is 4.41. The predicted molar refractivity (Wildman–Crippen MR) is 60.1 cm³/mol. The molecule has 0 aliphatic carbocycles. The van der Waals surface area contributed by atoms with Crippen molar-refractivity contribution in [3.63, 3.8) is 0 Å². The van der Waals surface area contributed by atoms with Gasteiger partial charge in [-0.25, -0.2) is 22.7 Å². The van der Waals surface area contributed by atoms with Gasteiger partial charge in [0.1, 0.15) is 0 Å². The average Bonchev–Trinajstić information content (AvgIpc) is 2.19. The lowest BCUT2D eigenvalue weighted by atomic mass is 10.3. The van der Waals surface area contributed by atoms with E-state index in [4.69, 9.17) is 0 Å². The van der Waals surface area contributed by atoms with Crippen molar-refractivity contribution in [2.75, 3.05) is 16.6 Å². The second kappa shape index (κ2) is 4.05. The van der Waals surface area contributed by atoms with Crippen molar-refractivity contribution in [3.8, 4) is 0 Å². The van der Waals surface area contributed by atoms with Gasteiger partial charge in [0.2, 0.25) is 16.0 Å². The van der Waals surface area contributed by atoms with Gasteiger partial charge in [0.15, 0.2) is 0 Å². The summed E-state index contributed by atoms with van der Waals surface area (Å²) in [6.45, 7) is 0.476. The van der Waals surface area contributed by atoms with Gasteiger partial charge in [-0.15, -0.1) is 0 Å². The Hall–Kier alpha value is -0.690. The molecule has 0 aromatic carbocycles. The SMILES string of the molecule is O=S1(=O)CCCCN1c1ncc(Br)cn1. The zero-order valence-electron chi connectivity index (χ0n) is 7.93. The first-order valence-corrected chi connectivity index (χ1v) is 6.98. The summed E-state index contributed by atoms with van der Waals surface area (Å²) in [5, 5.41) is 0. The molecule has 82 valence electrons. The van der Waals surface area contributed by atoms with Gasteiger partial charge in [-0.1, -0.05) is 0 Å². The van der Waals surface area contributed by atoms with Gasteiger partial charge in [-0.3, -0.25) is 0 Å². The molecule has 1 aromatic rings. The highest BCUT2D eigenvalue weighted by Crippen LogP contribution is 2.19. The van der Waals surface area contributed by atoms with Gasteiger partial charge >= 0.3 is 0 Å². The van der Waals surface area contributed by atoms with Crippen LogP contribution in [0.4, 0.5) is 5.95 Å². The third kappa shape index (κ3) is 2.28. The van der Waals surface area contributed by atoms with Gasteiger partial charge in [0, 0.05) is 18.9 Å². The molecule has 0 spiro atoms. The highest BCUT2D eigenvalue weighted by molar-refractivity contribution is 9.10. The molecule has 5 nitrogen and oxygen atoms in total. The summed E-state index contributed by atoms with van der Waals surface area (Å²) in [6, 6.07) is 0. The topological polar surface area (TPSA) is 63.2 Å². The van der Waals surface area contributed by atoms with E-state index in [0.29, 0.717) is 6.54 Å². The Morgan fingerprint density at radius 1 is 1.27 bits per heavy atom. The van der Waals surface area contributed by atoms with E-state index in [1.807, 2.05) is 0 Å². The first-order valence-electron chi connectivity index (χ1n) is 4.57. The summed E-state index contributed by atoms with van der Waals surface area (Å²) >= 11 is 3.21. The van der Waals surface area contributed by atoms with Crippen molar-refractivity contribution in [3.05, 3.63) is 16.9 Å². The summed E-state index contributed by atoms with van der Waals surface area (Å²) < 4.78 is 25.4. The van der Waals surface area contributed by atoms with Crippen LogP contribution < -0.4 is 4.31 Å². The van der Waals surface area contributed by atoms with Gasteiger partial charge in [-0.2, -0.15) is 0 Å². The summed E-state index contributed by atoms with van der Waals surface area (Å²) in [5.74, 6) is 0.449. The van der Waals surface area contributed by atoms with Crippen LogP contribution in [-0.2, 0) is 10.0 Å². The van der Waals surface area contributed by atoms with Gasteiger partial charge in [-0.05, 0) is 28.8 Å². The van der Waals surface area contributed by atoms with Crippen LogP contribution in [0.5, 0.6) is 0 Å². The van der Waals surface area contributed by atoms with Gasteiger partial charge in [0.05, 0.1) is 10.2 Å². The molecule has 2 rings (SSSR count). The highest BCUT2D eigenvalue weighted by atomic mass is 79.9. The van der Waals surface area contributed by atoms with Crippen molar-refractivity contribution in [2.45, 2.75) is 12.8 Å². The zero-order chi connectivity index (χ0) is 10.9. The van der Waals surface area contributed by atoms with Crippen LogP contribution in [-0.4, -0.2) is 30.7 Å². The van der Waals surface area contributed by atoms with E-state index in [1.54, 1.807) is 12.4 Å². The van der Waals surface area contributed by atoms with Crippen LogP contribution in [0.3, 0.4) is 0 Å². The molecule has 15 heavy (non-hydrogen) atoms. The van der Waals surface area contributed by atoms with E-state index >= 15 is 0 Å². The summed E-state index contributed by atoms with van der Waals surface area (Å²) in [5.41, 5.74) is 0. The Morgan fingerprint density at radius 3 is 2.53 bits per heavy atom. The first kappa shape index (κ1) is 10.8. The first-order chi connectivity index (χ1) is 7.09. The van der Waals surface area contributed by atoms with Crippen LogP contribution in [0.2, 0.25) is 0 Å². The summed E-state index contributed by atoms with van der Waals surface area (Å²) in [6.07, 6.45) is 4.67. The molecule has 1 saturated heterocycles. The average molecular weight is 292 g/mol. The molecule has 0 radical (unpaired) electrons. The van der Waals surface area contributed by atoms with Crippen LogP contribution in [0.25, 0.3) is 0 Å². The molecular weight excluding hydrogens is 282 g/mol. The lowest BCUT2D eigenvalue weighted by molar-refractivity contribution is 0.572. The van der Waals surface area contributed by atoms with Crippen LogP contribution in [0.15, 0.2) is 16.9 Å². The maximum atomic E-state index is 11.7. The number of nitrogens with zero attached hydrogens (tertiary/aromatic N) is 3. The van der Waals surface area contributed by atoms with Crippen LogP contribution in [0, 0.1) is 0 Å². The number of hydrogen-bond acceptors (Lipinski definition) is 4. The number of aromatic nitrogens is 2. The Bertz CT molecular complexity index is 445. The number of sulfonamides is 1. The van der Waals surface area contributed by atoms with Crippen molar-refractivity contribution in [2.24, 2.45) is 0 Å².